The van der Waals surface area contributed by atoms with Gasteiger partial charge in [-0.3, -0.25) is 24.6 Å². The number of anilines is 1. The maximum Gasteiger partial charge on any atom is 0.237 e. The highest BCUT2D eigenvalue weighted by Gasteiger charge is 2.29. The molecule has 3 aliphatic rings. The molecule has 0 radical (unpaired) electrons. The maximum absolute atomic E-state index is 13.5. The van der Waals surface area contributed by atoms with E-state index in [2.05, 4.69) is 39.7 Å². The number of benzene rings is 1. The lowest BCUT2D eigenvalue weighted by molar-refractivity contribution is -0.132. The second kappa shape index (κ2) is 13.4. The molecule has 0 bridgehead atoms. The van der Waals surface area contributed by atoms with Crippen LogP contribution in [0.25, 0.3) is 22.2 Å². The molecule has 1 saturated heterocycles. The van der Waals surface area contributed by atoms with Crippen LogP contribution in [0.5, 0.6) is 0 Å². The molecule has 9 nitrogen and oxygen atoms in total. The third kappa shape index (κ3) is 7.23. The molecule has 1 atom stereocenters. The van der Waals surface area contributed by atoms with Crippen LogP contribution >= 0.6 is 0 Å². The smallest absolute Gasteiger partial charge is 0.237 e. The predicted molar refractivity (Wildman–Crippen MR) is 162 cm³/mol. The molecule has 1 aromatic carbocycles. The Morgan fingerprint density at radius 2 is 1.93 bits per heavy atom. The number of carbonyl (C=O) groups is 2. The lowest BCUT2D eigenvalue weighted by Crippen LogP contribution is -2.43. The Bertz CT molecular complexity index is 1560. The number of amides is 2. The average Bonchev–Trinajstić information content (AvgIpc) is 3.63. The van der Waals surface area contributed by atoms with E-state index in [4.69, 9.17) is 4.74 Å². The van der Waals surface area contributed by atoms with Crippen LogP contribution in [0.3, 0.4) is 0 Å². The highest BCUT2D eigenvalue weighted by molar-refractivity contribution is 5.95. The van der Waals surface area contributed by atoms with Crippen LogP contribution in [0, 0.1) is 0 Å². The molecule has 2 aliphatic heterocycles. The van der Waals surface area contributed by atoms with E-state index < -0.39 is 11.7 Å². The van der Waals surface area contributed by atoms with Gasteiger partial charge in [0, 0.05) is 73.3 Å². The second-order valence-corrected chi connectivity index (χ2v) is 11.1. The van der Waals surface area contributed by atoms with Crippen molar-refractivity contribution in [2.24, 2.45) is 0 Å². The Kier molecular flexibility index (Phi) is 9.42. The third-order valence-corrected chi connectivity index (χ3v) is 8.11. The summed E-state index contributed by atoms with van der Waals surface area (Å²) >= 11 is 0. The van der Waals surface area contributed by atoms with Gasteiger partial charge in [-0.1, -0.05) is 13.2 Å². The standard InChI is InChI=1S/C16H22F2N2O2.C16H14N4O/c1-11(17)14-5-7-20(9-15(14)12(2)18)16(21)10-19-6-4-13(8-19)22-3;21-9-18-12-3-4-14-13(8-12)16(20-19-14)11-5-6-17-15(7-11)10-1-2-10/h13H,1-2,4-10H2,3H3;3-10H,1-2H2,(H,18,21)(H,19,20)/t13-;/m0./s1. The van der Waals surface area contributed by atoms with Crippen LogP contribution in [0.2, 0.25) is 0 Å². The number of likely N-dealkylation sites (tertiary alicyclic amines) is 1. The van der Waals surface area contributed by atoms with Crippen molar-refractivity contribution >= 4 is 28.9 Å². The summed E-state index contributed by atoms with van der Waals surface area (Å²) in [6, 6.07) is 9.79. The zero-order valence-corrected chi connectivity index (χ0v) is 24.2. The summed E-state index contributed by atoms with van der Waals surface area (Å²) in [4.78, 5) is 30.9. The zero-order valence-electron chi connectivity index (χ0n) is 24.2. The van der Waals surface area contributed by atoms with Crippen molar-refractivity contribution in [3.05, 3.63) is 78.2 Å². The Balaban J connectivity index is 0.000000171. The minimum atomic E-state index is -0.702. The molecule has 1 saturated carbocycles. The van der Waals surface area contributed by atoms with Gasteiger partial charge in [-0.05, 0) is 61.6 Å². The Morgan fingerprint density at radius 1 is 1.14 bits per heavy atom. The number of nitrogens with zero attached hydrogens (tertiary/aromatic N) is 4. The molecule has 43 heavy (non-hydrogen) atoms. The number of rotatable bonds is 9. The minimum Gasteiger partial charge on any atom is -0.380 e. The zero-order chi connectivity index (χ0) is 30.5. The molecule has 2 amide bonds. The van der Waals surface area contributed by atoms with Gasteiger partial charge < -0.3 is 15.0 Å². The summed E-state index contributed by atoms with van der Waals surface area (Å²) in [6.07, 6.45) is 6.31. The molecule has 0 unspecified atom stereocenters. The summed E-state index contributed by atoms with van der Waals surface area (Å²) in [7, 11) is 1.66. The number of aromatic amines is 1. The Hall–Kier alpha value is -4.22. The second-order valence-electron chi connectivity index (χ2n) is 11.1. The van der Waals surface area contributed by atoms with Crippen molar-refractivity contribution in [3.8, 4) is 11.3 Å². The van der Waals surface area contributed by atoms with E-state index in [1.165, 1.54) is 12.8 Å². The van der Waals surface area contributed by atoms with Gasteiger partial charge in [-0.25, -0.2) is 8.78 Å². The number of nitrogens with one attached hydrogen (secondary N) is 2. The van der Waals surface area contributed by atoms with Crippen LogP contribution < -0.4 is 5.32 Å². The molecular weight excluding hydrogens is 554 g/mol. The number of aromatic nitrogens is 3. The number of halogens is 2. The van der Waals surface area contributed by atoms with Gasteiger partial charge in [0.1, 0.15) is 17.3 Å². The largest absolute Gasteiger partial charge is 0.380 e. The number of hydrogen-bond acceptors (Lipinski definition) is 6. The van der Waals surface area contributed by atoms with Crippen molar-refractivity contribution in [3.63, 3.8) is 0 Å². The van der Waals surface area contributed by atoms with Crippen LogP contribution in [-0.2, 0) is 14.3 Å². The van der Waals surface area contributed by atoms with Crippen molar-refractivity contribution in [1.82, 2.24) is 25.0 Å². The molecule has 6 rings (SSSR count). The van der Waals surface area contributed by atoms with E-state index in [0.717, 1.165) is 53.1 Å². The number of fused-ring (bicyclic) bond motifs is 1. The van der Waals surface area contributed by atoms with E-state index in [0.29, 0.717) is 18.9 Å². The van der Waals surface area contributed by atoms with Crippen LogP contribution in [0.4, 0.5) is 14.5 Å². The molecule has 2 fully saturated rings. The molecule has 1 aliphatic carbocycles. The fourth-order valence-electron chi connectivity index (χ4n) is 5.54. The van der Waals surface area contributed by atoms with Crippen molar-refractivity contribution < 1.29 is 23.1 Å². The van der Waals surface area contributed by atoms with Gasteiger partial charge in [-0.2, -0.15) is 5.10 Å². The monoisotopic (exact) mass is 590 g/mol. The Labute approximate surface area is 249 Å². The highest BCUT2D eigenvalue weighted by atomic mass is 19.1. The number of methoxy groups -OCH3 is 1. The van der Waals surface area contributed by atoms with Crippen LogP contribution in [0.1, 0.15) is 37.3 Å². The van der Waals surface area contributed by atoms with Gasteiger partial charge in [0.15, 0.2) is 0 Å². The van der Waals surface area contributed by atoms with Gasteiger partial charge >= 0.3 is 0 Å². The SMILES string of the molecule is C=C(F)C1=C(C(=C)F)CN(C(=O)CN2CC[C@H](OC)C2)CC1.O=CNc1ccc2[nH]nc(-c3ccnc(C4CC4)c3)c2c1. The lowest BCUT2D eigenvalue weighted by Gasteiger charge is -2.31. The van der Waals surface area contributed by atoms with E-state index in [1.54, 1.807) is 12.0 Å². The number of pyridine rings is 1. The molecule has 3 aromatic rings. The molecule has 0 spiro atoms. The third-order valence-electron chi connectivity index (χ3n) is 8.11. The van der Waals surface area contributed by atoms with E-state index >= 15 is 0 Å². The molecule has 2 aromatic heterocycles. The Morgan fingerprint density at radius 3 is 2.60 bits per heavy atom. The van der Waals surface area contributed by atoms with Gasteiger partial charge in [0.2, 0.25) is 12.3 Å². The fourth-order valence-corrected chi connectivity index (χ4v) is 5.54. The number of ether oxygens (including phenoxy) is 1. The number of H-pyrrole nitrogens is 1. The van der Waals surface area contributed by atoms with Crippen LogP contribution in [0.15, 0.2) is 72.5 Å². The van der Waals surface area contributed by atoms with Crippen molar-refractivity contribution in [2.75, 3.05) is 45.2 Å². The summed E-state index contributed by atoms with van der Waals surface area (Å²) in [5, 5.41) is 11.1. The lowest BCUT2D eigenvalue weighted by atomic mass is 9.98. The van der Waals surface area contributed by atoms with Crippen LogP contribution in [-0.4, -0.2) is 83.2 Å². The van der Waals surface area contributed by atoms with E-state index in [9.17, 15) is 18.4 Å². The summed E-state index contributed by atoms with van der Waals surface area (Å²) in [6.45, 7) is 8.68. The highest BCUT2D eigenvalue weighted by Crippen LogP contribution is 2.40. The first kappa shape index (κ1) is 30.2. The normalized spacial score (nSPS) is 18.8. The topological polar surface area (TPSA) is 103 Å². The van der Waals surface area contributed by atoms with Crippen molar-refractivity contribution in [2.45, 2.75) is 37.7 Å². The predicted octanol–water partition coefficient (Wildman–Crippen LogP) is 5.27. The number of allylic oxidation sites excluding steroid dienone is 1. The summed E-state index contributed by atoms with van der Waals surface area (Å²) < 4.78 is 32.1. The maximum atomic E-state index is 13.5. The summed E-state index contributed by atoms with van der Waals surface area (Å²) in [5.41, 5.74) is 5.18. The molecule has 4 heterocycles. The van der Waals surface area contributed by atoms with E-state index in [1.807, 2.05) is 35.4 Å². The molecule has 226 valence electrons. The fraction of sp³-hybridized carbons (Fsp3) is 0.375. The molecule has 2 N–H and O–H groups in total. The first-order valence-corrected chi connectivity index (χ1v) is 14.4. The minimum absolute atomic E-state index is 0.0496. The molecular formula is C32H36F2N6O3. The first-order chi connectivity index (χ1) is 20.8. The molecule has 11 heteroatoms. The summed E-state index contributed by atoms with van der Waals surface area (Å²) in [5.74, 6) is -0.822. The van der Waals surface area contributed by atoms with Gasteiger partial charge in [0.05, 0.1) is 18.2 Å². The van der Waals surface area contributed by atoms with Gasteiger partial charge in [-0.15, -0.1) is 0 Å². The van der Waals surface area contributed by atoms with E-state index in [-0.39, 0.29) is 42.7 Å². The number of hydrogen-bond donors (Lipinski definition) is 2. The first-order valence-electron chi connectivity index (χ1n) is 14.4. The van der Waals surface area contributed by atoms with Crippen molar-refractivity contribution in [1.29, 1.82) is 0 Å². The number of carbonyl (C=O) groups excluding carboxylic acids is 2. The average molecular weight is 591 g/mol. The quantitative estimate of drug-likeness (QED) is 0.329. The van der Waals surface area contributed by atoms with Gasteiger partial charge in [0.25, 0.3) is 0 Å².